The van der Waals surface area contributed by atoms with Crippen LogP contribution in [0.4, 0.5) is 0 Å². The van der Waals surface area contributed by atoms with Crippen molar-refractivity contribution < 1.29 is 4.79 Å². The van der Waals surface area contributed by atoms with Crippen molar-refractivity contribution in [2.24, 2.45) is 0 Å². The molecule has 0 atom stereocenters. The Bertz CT molecular complexity index is 826. The predicted molar refractivity (Wildman–Crippen MR) is 140 cm³/mol. The third-order valence-corrected chi connectivity index (χ3v) is 6.42. The van der Waals surface area contributed by atoms with Crippen molar-refractivity contribution in [1.82, 2.24) is 14.7 Å². The van der Waals surface area contributed by atoms with Crippen molar-refractivity contribution >= 4 is 43.0 Å². The van der Waals surface area contributed by atoms with Gasteiger partial charge in [-0.05, 0) is 42.6 Å². The number of Topliss-reactive ketones (excluding diaryl/α,β-unsaturated/α-hetero) is 1. The molecule has 178 valence electrons. The zero-order valence-electron chi connectivity index (χ0n) is 18.9. The number of carbonyl (C=O) groups excluding carboxylic acids is 1. The van der Waals surface area contributed by atoms with Crippen LogP contribution in [-0.4, -0.2) is 73.3 Å². The Balaban J connectivity index is 0.00000171. The van der Waals surface area contributed by atoms with Crippen LogP contribution in [0, 0.1) is 0 Å². The van der Waals surface area contributed by atoms with Gasteiger partial charge in [0.05, 0.1) is 0 Å². The molecule has 0 spiro atoms. The van der Waals surface area contributed by atoms with E-state index in [9.17, 15) is 4.79 Å². The maximum atomic E-state index is 12.8. The Labute approximate surface area is 211 Å². The van der Waals surface area contributed by atoms with E-state index in [1.165, 1.54) is 16.7 Å². The molecule has 0 radical (unpaired) electrons. The number of rotatable bonds is 6. The van der Waals surface area contributed by atoms with Gasteiger partial charge in [-0.2, -0.15) is 0 Å². The van der Waals surface area contributed by atoms with Crippen LogP contribution in [0.1, 0.15) is 33.5 Å². The van der Waals surface area contributed by atoms with Crippen LogP contribution in [-0.2, 0) is 19.4 Å². The molecular weight excluding hydrogens is 465 g/mol. The summed E-state index contributed by atoms with van der Waals surface area (Å²) < 4.78 is 0. The van der Waals surface area contributed by atoms with Crippen molar-refractivity contribution in [2.75, 3.05) is 52.9 Å². The molecule has 2 aliphatic heterocycles. The predicted octanol–water partition coefficient (Wildman–Crippen LogP) is 4.37. The molecule has 2 heterocycles. The van der Waals surface area contributed by atoms with E-state index in [4.69, 9.17) is 0 Å². The lowest BCUT2D eigenvalue weighted by atomic mass is 9.97. The van der Waals surface area contributed by atoms with Crippen molar-refractivity contribution in [3.63, 3.8) is 0 Å². The van der Waals surface area contributed by atoms with Gasteiger partial charge in [0, 0.05) is 64.3 Å². The average molecular weight is 501 g/mol. The summed E-state index contributed by atoms with van der Waals surface area (Å²) in [5.74, 6) is 0.289. The first-order valence-electron chi connectivity index (χ1n) is 11.0. The van der Waals surface area contributed by atoms with Gasteiger partial charge in [-0.25, -0.2) is 0 Å². The van der Waals surface area contributed by atoms with E-state index in [1.807, 2.05) is 6.07 Å². The lowest BCUT2D eigenvalue weighted by molar-refractivity contribution is 0.0922. The lowest BCUT2D eigenvalue weighted by Gasteiger charge is -2.34. The summed E-state index contributed by atoms with van der Waals surface area (Å²) in [5, 5.41) is 0. The van der Waals surface area contributed by atoms with Crippen LogP contribution >= 0.6 is 37.2 Å². The molecule has 1 saturated heterocycles. The van der Waals surface area contributed by atoms with E-state index in [0.29, 0.717) is 6.42 Å². The zero-order chi connectivity index (χ0) is 20.1. The highest BCUT2D eigenvalue weighted by atomic mass is 35.5. The Hall–Kier alpha value is -1.14. The summed E-state index contributed by atoms with van der Waals surface area (Å²) in [5.41, 5.74) is 5.07. The molecule has 2 aliphatic rings. The maximum Gasteiger partial charge on any atom is 0.164 e. The number of halogens is 3. The second-order valence-corrected chi connectivity index (χ2v) is 8.56. The monoisotopic (exact) mass is 499 g/mol. The van der Waals surface area contributed by atoms with Gasteiger partial charge in [-0.1, -0.05) is 42.5 Å². The zero-order valence-corrected chi connectivity index (χ0v) is 21.3. The van der Waals surface area contributed by atoms with Crippen molar-refractivity contribution in [3.05, 3.63) is 70.8 Å². The quantitative estimate of drug-likeness (QED) is 0.550. The molecule has 4 nitrogen and oxygen atoms in total. The van der Waals surface area contributed by atoms with Crippen LogP contribution in [0.3, 0.4) is 0 Å². The van der Waals surface area contributed by atoms with Gasteiger partial charge in [0.1, 0.15) is 0 Å². The first-order valence-corrected chi connectivity index (χ1v) is 11.0. The average Bonchev–Trinajstić information content (AvgIpc) is 2.95. The summed E-state index contributed by atoms with van der Waals surface area (Å²) in [7, 11) is 2.18. The van der Waals surface area contributed by atoms with Gasteiger partial charge in [0.25, 0.3) is 0 Å². The molecule has 2 aromatic carbocycles. The summed E-state index contributed by atoms with van der Waals surface area (Å²) in [6, 6.07) is 17.1. The highest BCUT2D eigenvalue weighted by Crippen LogP contribution is 2.19. The minimum absolute atomic E-state index is 0. The molecule has 0 aromatic heterocycles. The number of carbonyl (C=O) groups is 1. The lowest BCUT2D eigenvalue weighted by Crippen LogP contribution is -2.46. The topological polar surface area (TPSA) is 26.8 Å². The smallest absolute Gasteiger partial charge is 0.164 e. The second kappa shape index (κ2) is 14.2. The highest BCUT2D eigenvalue weighted by molar-refractivity contribution is 5.96. The van der Waals surface area contributed by atoms with Gasteiger partial charge in [-0.3, -0.25) is 9.69 Å². The van der Waals surface area contributed by atoms with Crippen LogP contribution in [0.15, 0.2) is 48.5 Å². The maximum absolute atomic E-state index is 12.8. The summed E-state index contributed by atoms with van der Waals surface area (Å²) >= 11 is 0. The van der Waals surface area contributed by atoms with E-state index < -0.39 is 0 Å². The standard InChI is InChI=1S/C25H33N3O.3ClH/c1-26-12-9-22-7-8-24(19-23(22)10-13-26)25(29)11-14-27-15-17-28(18-16-27)20-21-5-3-2-4-6-21;;;/h2-8,19H,9-18,20H2,1H3;3*1H. The molecule has 4 rings (SSSR count). The van der Waals surface area contributed by atoms with E-state index in [2.05, 4.69) is 64.2 Å². The summed E-state index contributed by atoms with van der Waals surface area (Å²) in [4.78, 5) is 20.1. The number of piperazine rings is 1. The van der Waals surface area contributed by atoms with Gasteiger partial charge in [0.2, 0.25) is 0 Å². The normalized spacial score (nSPS) is 17.2. The Morgan fingerprint density at radius 1 is 0.781 bits per heavy atom. The number of fused-ring (bicyclic) bond motifs is 1. The van der Waals surface area contributed by atoms with Crippen LogP contribution < -0.4 is 0 Å². The number of likely N-dealkylation sites (N-methyl/N-ethyl adjacent to an activating group) is 1. The number of ketones is 1. The third kappa shape index (κ3) is 8.02. The van der Waals surface area contributed by atoms with Gasteiger partial charge in [-0.15, -0.1) is 37.2 Å². The largest absolute Gasteiger partial charge is 0.306 e. The first kappa shape index (κ1) is 28.9. The van der Waals surface area contributed by atoms with E-state index in [1.54, 1.807) is 0 Å². The van der Waals surface area contributed by atoms with E-state index in [0.717, 1.165) is 70.8 Å². The summed E-state index contributed by atoms with van der Waals surface area (Å²) in [6.07, 6.45) is 2.77. The highest BCUT2D eigenvalue weighted by Gasteiger charge is 2.19. The molecule has 0 bridgehead atoms. The molecule has 32 heavy (non-hydrogen) atoms. The van der Waals surface area contributed by atoms with E-state index in [-0.39, 0.29) is 43.0 Å². The molecule has 7 heteroatoms. The molecule has 0 aliphatic carbocycles. The van der Waals surface area contributed by atoms with Crippen LogP contribution in [0.2, 0.25) is 0 Å². The fraction of sp³-hybridized carbons (Fsp3) is 0.480. The SMILES string of the molecule is CN1CCc2ccc(C(=O)CCN3CCN(Cc4ccccc4)CC3)cc2CC1.Cl.Cl.Cl. The molecule has 2 aromatic rings. The van der Waals surface area contributed by atoms with Gasteiger partial charge in [0.15, 0.2) is 5.78 Å². The fourth-order valence-corrected chi connectivity index (χ4v) is 4.43. The molecular formula is C25H36Cl3N3O. The summed E-state index contributed by atoms with van der Waals surface area (Å²) in [6.45, 7) is 8.35. The number of benzene rings is 2. The van der Waals surface area contributed by atoms with Crippen LogP contribution in [0.5, 0.6) is 0 Å². The van der Waals surface area contributed by atoms with Gasteiger partial charge < -0.3 is 9.80 Å². The fourth-order valence-electron chi connectivity index (χ4n) is 4.43. The molecule has 0 saturated carbocycles. The first-order chi connectivity index (χ1) is 14.2. The second-order valence-electron chi connectivity index (χ2n) is 8.56. The number of nitrogens with zero attached hydrogens (tertiary/aromatic N) is 3. The molecule has 0 unspecified atom stereocenters. The third-order valence-electron chi connectivity index (χ3n) is 6.42. The minimum Gasteiger partial charge on any atom is -0.306 e. The number of hydrogen-bond acceptors (Lipinski definition) is 4. The van der Waals surface area contributed by atoms with Crippen molar-refractivity contribution in [3.8, 4) is 0 Å². The van der Waals surface area contributed by atoms with E-state index >= 15 is 0 Å². The van der Waals surface area contributed by atoms with Gasteiger partial charge >= 0.3 is 0 Å². The molecule has 1 fully saturated rings. The molecule has 0 N–H and O–H groups in total. The van der Waals surface area contributed by atoms with Crippen LogP contribution in [0.25, 0.3) is 0 Å². The Morgan fingerprint density at radius 3 is 2.09 bits per heavy atom. The van der Waals surface area contributed by atoms with Crippen molar-refractivity contribution in [2.45, 2.75) is 25.8 Å². The Kier molecular flexibility index (Phi) is 12.8. The minimum atomic E-state index is 0. The molecule has 0 amide bonds. The van der Waals surface area contributed by atoms with Crippen molar-refractivity contribution in [1.29, 1.82) is 0 Å². The Morgan fingerprint density at radius 2 is 1.41 bits per heavy atom. The number of hydrogen-bond donors (Lipinski definition) is 0.